The van der Waals surface area contributed by atoms with Crippen molar-refractivity contribution in [3.63, 3.8) is 0 Å². The molecule has 0 bridgehead atoms. The number of fused-ring (bicyclic) bond motifs is 1. The van der Waals surface area contributed by atoms with Gasteiger partial charge < -0.3 is 10.1 Å². The molecule has 1 aromatic heterocycles. The highest BCUT2D eigenvalue weighted by molar-refractivity contribution is 9.13. The van der Waals surface area contributed by atoms with Crippen LogP contribution in [0, 0.1) is 20.2 Å². The van der Waals surface area contributed by atoms with Gasteiger partial charge in [0.05, 0.1) is 15.4 Å². The average Bonchev–Trinajstić information content (AvgIpc) is 2.32. The van der Waals surface area contributed by atoms with Gasteiger partial charge in [-0.3, -0.25) is 25.0 Å². The van der Waals surface area contributed by atoms with Gasteiger partial charge in [-0.15, -0.1) is 0 Å². The summed E-state index contributed by atoms with van der Waals surface area (Å²) in [5.74, 6) is -1.18. The summed E-state index contributed by atoms with van der Waals surface area (Å²) >= 11 is 5.98. The summed E-state index contributed by atoms with van der Waals surface area (Å²) in [5.41, 5.74) is -2.88. The van der Waals surface area contributed by atoms with Gasteiger partial charge in [0.2, 0.25) is 0 Å². The summed E-state index contributed by atoms with van der Waals surface area (Å²) in [5, 5.41) is 31.2. The maximum absolute atomic E-state index is 11.4. The van der Waals surface area contributed by atoms with Gasteiger partial charge in [0.1, 0.15) is 4.47 Å². The number of aromatic amines is 1. The first kappa shape index (κ1) is 14.4. The Bertz CT molecular complexity index is 831. The smallest absolute Gasteiger partial charge is 0.332 e. The third-order valence-electron chi connectivity index (χ3n) is 2.48. The highest BCUT2D eigenvalue weighted by Crippen LogP contribution is 2.43. The van der Waals surface area contributed by atoms with Crippen molar-refractivity contribution in [1.82, 2.24) is 4.98 Å². The van der Waals surface area contributed by atoms with Crippen LogP contribution >= 0.6 is 31.9 Å². The number of halogens is 2. The molecule has 0 atom stereocenters. The molecule has 0 amide bonds. The summed E-state index contributed by atoms with van der Waals surface area (Å²) in [6, 6.07) is 1.26. The summed E-state index contributed by atoms with van der Waals surface area (Å²) in [7, 11) is 0. The van der Waals surface area contributed by atoms with E-state index in [9.17, 15) is 30.1 Å². The van der Waals surface area contributed by atoms with Crippen LogP contribution in [0.1, 0.15) is 0 Å². The van der Waals surface area contributed by atoms with E-state index >= 15 is 0 Å². The molecule has 0 aliphatic heterocycles. The second-order valence-corrected chi connectivity index (χ2v) is 5.26. The number of aromatic hydroxyl groups is 1. The van der Waals surface area contributed by atoms with Crippen molar-refractivity contribution in [2.75, 3.05) is 0 Å². The van der Waals surface area contributed by atoms with Gasteiger partial charge in [0.25, 0.3) is 11.3 Å². The van der Waals surface area contributed by atoms with Crippen molar-refractivity contribution in [2.24, 2.45) is 0 Å². The quantitative estimate of drug-likeness (QED) is 0.578. The summed E-state index contributed by atoms with van der Waals surface area (Å²) in [6.07, 6.45) is 0. The Kier molecular flexibility index (Phi) is 3.48. The lowest BCUT2D eigenvalue weighted by Crippen LogP contribution is -2.09. The molecule has 2 N–H and O–H groups in total. The van der Waals surface area contributed by atoms with E-state index in [1.807, 2.05) is 0 Å². The molecule has 11 heteroatoms. The van der Waals surface area contributed by atoms with Gasteiger partial charge in [-0.2, -0.15) is 0 Å². The number of hydrogen-bond acceptors (Lipinski definition) is 6. The lowest BCUT2D eigenvalue weighted by atomic mass is 10.1. The first-order chi connectivity index (χ1) is 9.25. The largest absolute Gasteiger partial charge is 0.498 e. The van der Waals surface area contributed by atoms with Crippen LogP contribution in [-0.4, -0.2) is 19.9 Å². The second-order valence-electron chi connectivity index (χ2n) is 3.61. The first-order valence-corrected chi connectivity index (χ1v) is 6.40. The topological polar surface area (TPSA) is 139 Å². The SMILES string of the molecule is O=c1[nH]c2cc(Br)c(Br)c([N+](=O)[O-])c2c([N+](=O)[O-])c1O. The number of nitrogens with one attached hydrogen (secondary N) is 1. The van der Waals surface area contributed by atoms with Crippen molar-refractivity contribution >= 4 is 54.1 Å². The van der Waals surface area contributed by atoms with Crippen LogP contribution in [-0.2, 0) is 0 Å². The third kappa shape index (κ3) is 2.04. The van der Waals surface area contributed by atoms with E-state index in [0.717, 1.165) is 0 Å². The molecular weight excluding hydrogens is 406 g/mol. The number of pyridine rings is 1. The first-order valence-electron chi connectivity index (χ1n) is 4.81. The molecule has 20 heavy (non-hydrogen) atoms. The molecule has 0 radical (unpaired) electrons. The van der Waals surface area contributed by atoms with Gasteiger partial charge in [-0.1, -0.05) is 0 Å². The lowest BCUT2D eigenvalue weighted by molar-refractivity contribution is -0.391. The van der Waals surface area contributed by atoms with Gasteiger partial charge >= 0.3 is 11.4 Å². The van der Waals surface area contributed by atoms with Crippen LogP contribution in [0.15, 0.2) is 19.8 Å². The highest BCUT2D eigenvalue weighted by atomic mass is 79.9. The number of H-pyrrole nitrogens is 1. The Labute approximate surface area is 125 Å². The van der Waals surface area contributed by atoms with Gasteiger partial charge in [0, 0.05) is 4.47 Å². The molecule has 104 valence electrons. The minimum absolute atomic E-state index is 0.0375. The molecule has 9 nitrogen and oxygen atoms in total. The molecular formula is C9H3Br2N3O6. The maximum atomic E-state index is 11.4. The summed E-state index contributed by atoms with van der Waals surface area (Å²) < 4.78 is 0.192. The normalized spacial score (nSPS) is 10.7. The monoisotopic (exact) mass is 407 g/mol. The van der Waals surface area contributed by atoms with Crippen LogP contribution < -0.4 is 5.56 Å². The standard InChI is InChI=1S/C9H3Br2N3O6/c10-2-1-3-4(6(5(2)11)13(17)18)7(14(19)20)8(15)9(16)12-3/h1,15H,(H,12,16). The molecule has 0 unspecified atom stereocenters. The minimum Gasteiger partial charge on any atom is -0.498 e. The van der Waals surface area contributed by atoms with Crippen LogP contribution in [0.5, 0.6) is 5.75 Å². The van der Waals surface area contributed by atoms with Crippen molar-refractivity contribution in [1.29, 1.82) is 0 Å². The fourth-order valence-corrected chi connectivity index (χ4v) is 2.58. The number of rotatable bonds is 2. The molecule has 0 fully saturated rings. The number of benzene rings is 1. The Balaban J connectivity index is 3.21. The van der Waals surface area contributed by atoms with Crippen LogP contribution in [0.2, 0.25) is 0 Å². The molecule has 0 aliphatic rings. The number of nitro groups is 2. The van der Waals surface area contributed by atoms with Crippen molar-refractivity contribution in [3.8, 4) is 5.75 Å². The molecule has 0 saturated heterocycles. The van der Waals surface area contributed by atoms with Crippen LogP contribution in [0.4, 0.5) is 11.4 Å². The second kappa shape index (κ2) is 4.83. The molecule has 0 spiro atoms. The predicted octanol–water partition coefficient (Wildman–Crippen LogP) is 2.58. The number of aromatic nitrogens is 1. The zero-order valence-electron chi connectivity index (χ0n) is 9.22. The molecule has 0 saturated carbocycles. The number of nitrogens with zero attached hydrogens (tertiary/aromatic N) is 2. The Hall–Kier alpha value is -2.01. The van der Waals surface area contributed by atoms with E-state index in [1.54, 1.807) is 0 Å². The van der Waals surface area contributed by atoms with E-state index < -0.39 is 37.9 Å². The van der Waals surface area contributed by atoms with Crippen molar-refractivity contribution in [3.05, 3.63) is 45.6 Å². The number of hydrogen-bond donors (Lipinski definition) is 2. The molecule has 0 aliphatic carbocycles. The van der Waals surface area contributed by atoms with E-state index in [4.69, 9.17) is 0 Å². The minimum atomic E-state index is -1.18. The van der Waals surface area contributed by atoms with Gasteiger partial charge in [-0.25, -0.2) is 0 Å². The molecule has 1 heterocycles. The summed E-state index contributed by atoms with van der Waals surface area (Å²) in [4.78, 5) is 33.8. The van der Waals surface area contributed by atoms with Gasteiger partial charge in [-0.05, 0) is 37.9 Å². The zero-order chi connectivity index (χ0) is 15.2. The fourth-order valence-electron chi connectivity index (χ4n) is 1.71. The van der Waals surface area contributed by atoms with E-state index in [1.165, 1.54) is 6.07 Å². The Morgan fingerprint density at radius 2 is 1.70 bits per heavy atom. The van der Waals surface area contributed by atoms with Crippen LogP contribution in [0.25, 0.3) is 10.9 Å². The van der Waals surface area contributed by atoms with E-state index in [-0.39, 0.29) is 14.5 Å². The lowest BCUT2D eigenvalue weighted by Gasteiger charge is -2.05. The molecule has 2 rings (SSSR count). The Morgan fingerprint density at radius 3 is 2.20 bits per heavy atom. The van der Waals surface area contributed by atoms with Crippen molar-refractivity contribution in [2.45, 2.75) is 0 Å². The van der Waals surface area contributed by atoms with E-state index in [2.05, 4.69) is 36.8 Å². The van der Waals surface area contributed by atoms with Crippen LogP contribution in [0.3, 0.4) is 0 Å². The molecule has 1 aromatic carbocycles. The van der Waals surface area contributed by atoms with E-state index in [0.29, 0.717) is 0 Å². The van der Waals surface area contributed by atoms with Crippen molar-refractivity contribution < 1.29 is 15.0 Å². The zero-order valence-corrected chi connectivity index (χ0v) is 12.4. The Morgan fingerprint density at radius 1 is 1.15 bits per heavy atom. The van der Waals surface area contributed by atoms with Gasteiger partial charge in [0.15, 0.2) is 5.39 Å². The average molecular weight is 409 g/mol. The third-order valence-corrected chi connectivity index (χ3v) is 4.44. The number of nitro benzene ring substituents is 1. The summed E-state index contributed by atoms with van der Waals surface area (Å²) in [6.45, 7) is 0. The maximum Gasteiger partial charge on any atom is 0.332 e. The molecule has 2 aromatic rings. The fraction of sp³-hybridized carbons (Fsp3) is 0. The highest BCUT2D eigenvalue weighted by Gasteiger charge is 2.32. The predicted molar refractivity (Wildman–Crippen MR) is 74.9 cm³/mol.